The fraction of sp³-hybridized carbons (Fsp3) is 0.0909. The second kappa shape index (κ2) is 13.8. The molecule has 0 aliphatic heterocycles. The van der Waals surface area contributed by atoms with E-state index in [0.29, 0.717) is 15.8 Å². The minimum atomic E-state index is -3.77. The van der Waals surface area contributed by atoms with Crippen LogP contribution in [0.25, 0.3) is 23.1 Å². The van der Waals surface area contributed by atoms with Crippen molar-refractivity contribution in [2.24, 2.45) is 0 Å². The standard InChI is InChI=1S/C33H26Cl2N2O4S2/c34-27-12-16-30(17-13-27)43(40,41)36-20-32(42-21-23-4-7-25(8-5-23)33(38)39)26-3-1-2-22(18-26)6-14-29-15-10-24-9-11-28(35)19-31(24)37-29/h1-19,32,36H,20-21H2,(H,38,39). The van der Waals surface area contributed by atoms with Crippen molar-refractivity contribution in [3.05, 3.63) is 141 Å². The summed E-state index contributed by atoms with van der Waals surface area (Å²) >= 11 is 13.6. The number of pyridine rings is 1. The highest BCUT2D eigenvalue weighted by molar-refractivity contribution is 7.98. The number of carboxylic acids is 1. The van der Waals surface area contributed by atoms with Gasteiger partial charge in [0.25, 0.3) is 0 Å². The van der Waals surface area contributed by atoms with Gasteiger partial charge in [0, 0.05) is 33.0 Å². The van der Waals surface area contributed by atoms with E-state index in [9.17, 15) is 18.3 Å². The molecule has 6 nitrogen and oxygen atoms in total. The third-order valence-electron chi connectivity index (χ3n) is 6.64. The molecule has 0 saturated carbocycles. The number of carbonyl (C=O) groups is 1. The number of aromatic carboxylic acids is 1. The monoisotopic (exact) mass is 648 g/mol. The molecule has 5 rings (SSSR count). The van der Waals surface area contributed by atoms with Gasteiger partial charge in [-0.2, -0.15) is 0 Å². The number of thioether (sulfide) groups is 1. The molecule has 0 aliphatic rings. The molecule has 4 aromatic carbocycles. The second-order valence-electron chi connectivity index (χ2n) is 9.68. The lowest BCUT2D eigenvalue weighted by Gasteiger charge is -2.19. The molecule has 0 fully saturated rings. The molecule has 1 unspecified atom stereocenters. The zero-order chi connectivity index (χ0) is 30.4. The van der Waals surface area contributed by atoms with Gasteiger partial charge in [0.1, 0.15) is 0 Å². The van der Waals surface area contributed by atoms with E-state index in [2.05, 4.69) is 9.71 Å². The zero-order valence-corrected chi connectivity index (χ0v) is 25.8. The van der Waals surface area contributed by atoms with Crippen LogP contribution in [-0.4, -0.2) is 31.0 Å². The number of hydrogen-bond donors (Lipinski definition) is 2. The van der Waals surface area contributed by atoms with Crippen LogP contribution in [0.15, 0.2) is 108 Å². The Hall–Kier alpha value is -3.66. The molecule has 1 heterocycles. The number of halogens is 2. The van der Waals surface area contributed by atoms with E-state index in [1.54, 1.807) is 36.0 Å². The van der Waals surface area contributed by atoms with Gasteiger partial charge >= 0.3 is 5.97 Å². The summed E-state index contributed by atoms with van der Waals surface area (Å²) in [5, 5.41) is 11.0. The van der Waals surface area contributed by atoms with Crippen LogP contribution in [0, 0.1) is 0 Å². The van der Waals surface area contributed by atoms with Crippen molar-refractivity contribution >= 4 is 74.0 Å². The maximum Gasteiger partial charge on any atom is 0.335 e. The quantitative estimate of drug-likeness (QED) is 0.149. The van der Waals surface area contributed by atoms with Gasteiger partial charge in [-0.3, -0.25) is 0 Å². The molecule has 0 aliphatic carbocycles. The summed E-state index contributed by atoms with van der Waals surface area (Å²) < 4.78 is 28.8. The molecule has 0 amide bonds. The molecular formula is C33H26Cl2N2O4S2. The lowest BCUT2D eigenvalue weighted by atomic mass is 10.1. The van der Waals surface area contributed by atoms with E-state index in [1.807, 2.05) is 66.7 Å². The Kier molecular flexibility index (Phi) is 9.85. The summed E-state index contributed by atoms with van der Waals surface area (Å²) in [7, 11) is -3.77. The van der Waals surface area contributed by atoms with Gasteiger partial charge in [-0.05, 0) is 77.4 Å². The van der Waals surface area contributed by atoms with Crippen LogP contribution in [-0.2, 0) is 15.8 Å². The predicted molar refractivity (Wildman–Crippen MR) is 176 cm³/mol. The average molecular weight is 650 g/mol. The van der Waals surface area contributed by atoms with Crippen LogP contribution in [0.5, 0.6) is 0 Å². The summed E-state index contributed by atoms with van der Waals surface area (Å²) in [6.45, 7) is 0.142. The smallest absolute Gasteiger partial charge is 0.335 e. The van der Waals surface area contributed by atoms with Crippen molar-refractivity contribution in [3.8, 4) is 0 Å². The summed E-state index contributed by atoms with van der Waals surface area (Å²) in [5.41, 5.74) is 4.60. The highest BCUT2D eigenvalue weighted by atomic mass is 35.5. The highest BCUT2D eigenvalue weighted by Gasteiger charge is 2.19. The summed E-state index contributed by atoms with van der Waals surface area (Å²) in [6, 6.07) is 30.1. The van der Waals surface area contributed by atoms with Gasteiger partial charge in [-0.15, -0.1) is 11.8 Å². The normalized spacial score (nSPS) is 12.5. The van der Waals surface area contributed by atoms with Crippen molar-refractivity contribution in [1.82, 2.24) is 9.71 Å². The first-order valence-corrected chi connectivity index (χ1v) is 16.5. The van der Waals surface area contributed by atoms with Crippen molar-refractivity contribution in [1.29, 1.82) is 0 Å². The molecule has 1 atom stereocenters. The van der Waals surface area contributed by atoms with Crippen LogP contribution in [0.2, 0.25) is 10.0 Å². The molecule has 2 N–H and O–H groups in total. The van der Waals surface area contributed by atoms with Crippen molar-refractivity contribution < 1.29 is 18.3 Å². The van der Waals surface area contributed by atoms with Crippen LogP contribution in [0.4, 0.5) is 0 Å². The first-order valence-electron chi connectivity index (χ1n) is 13.2. The van der Waals surface area contributed by atoms with E-state index >= 15 is 0 Å². The van der Waals surface area contributed by atoms with Crippen molar-refractivity contribution in [2.75, 3.05) is 6.54 Å². The fourth-order valence-corrected chi connectivity index (χ4v) is 6.91. The third kappa shape index (κ3) is 8.25. The third-order valence-corrected chi connectivity index (χ3v) is 9.91. The Morgan fingerprint density at radius 1 is 0.884 bits per heavy atom. The lowest BCUT2D eigenvalue weighted by Crippen LogP contribution is -2.27. The van der Waals surface area contributed by atoms with Crippen LogP contribution in [0.1, 0.15) is 38.0 Å². The fourth-order valence-electron chi connectivity index (χ4n) is 4.34. The Morgan fingerprint density at radius 3 is 2.35 bits per heavy atom. The van der Waals surface area contributed by atoms with E-state index in [1.165, 1.54) is 24.3 Å². The minimum Gasteiger partial charge on any atom is -0.478 e. The molecule has 0 saturated heterocycles. The van der Waals surface area contributed by atoms with Gasteiger partial charge in [0.05, 0.1) is 21.7 Å². The number of fused-ring (bicyclic) bond motifs is 1. The van der Waals surface area contributed by atoms with Gasteiger partial charge in [-0.1, -0.05) is 77.8 Å². The number of nitrogens with one attached hydrogen (secondary N) is 1. The van der Waals surface area contributed by atoms with Gasteiger partial charge in [-0.25, -0.2) is 22.9 Å². The van der Waals surface area contributed by atoms with E-state index < -0.39 is 16.0 Å². The minimum absolute atomic E-state index is 0.130. The molecule has 0 bridgehead atoms. The number of carboxylic acid groups (broad SMARTS) is 1. The number of benzene rings is 4. The number of rotatable bonds is 11. The van der Waals surface area contributed by atoms with Gasteiger partial charge < -0.3 is 5.11 Å². The van der Waals surface area contributed by atoms with E-state index in [-0.39, 0.29) is 22.3 Å². The molecule has 0 radical (unpaired) electrons. The van der Waals surface area contributed by atoms with Crippen LogP contribution in [0.3, 0.4) is 0 Å². The summed E-state index contributed by atoms with van der Waals surface area (Å²) in [5.74, 6) is -0.433. The maximum atomic E-state index is 13.0. The molecule has 218 valence electrons. The maximum absolute atomic E-state index is 13.0. The zero-order valence-electron chi connectivity index (χ0n) is 22.7. The number of sulfonamides is 1. The lowest BCUT2D eigenvalue weighted by molar-refractivity contribution is 0.0697. The SMILES string of the molecule is O=C(O)c1ccc(CSC(CNS(=O)(=O)c2ccc(Cl)cc2)c2cccc(C=Cc3ccc4ccc(Cl)cc4n3)c2)cc1. The van der Waals surface area contributed by atoms with Crippen LogP contribution < -0.4 is 4.72 Å². The second-order valence-corrected chi connectivity index (χ2v) is 13.5. The van der Waals surface area contributed by atoms with Crippen molar-refractivity contribution in [2.45, 2.75) is 15.9 Å². The molecule has 5 aromatic rings. The number of nitrogens with zero attached hydrogens (tertiary/aromatic N) is 1. The highest BCUT2D eigenvalue weighted by Crippen LogP contribution is 2.33. The van der Waals surface area contributed by atoms with E-state index in [0.717, 1.165) is 33.3 Å². The first kappa shape index (κ1) is 30.8. The van der Waals surface area contributed by atoms with Crippen molar-refractivity contribution in [3.63, 3.8) is 0 Å². The number of aromatic nitrogens is 1. The average Bonchev–Trinajstić information content (AvgIpc) is 3.00. The molecule has 0 spiro atoms. The topological polar surface area (TPSA) is 96.4 Å². The molecule has 43 heavy (non-hydrogen) atoms. The summed E-state index contributed by atoms with van der Waals surface area (Å²) in [4.78, 5) is 16.0. The summed E-state index contributed by atoms with van der Waals surface area (Å²) in [6.07, 6.45) is 3.89. The van der Waals surface area contributed by atoms with Crippen LogP contribution >= 0.6 is 35.0 Å². The van der Waals surface area contributed by atoms with E-state index in [4.69, 9.17) is 23.2 Å². The van der Waals surface area contributed by atoms with Gasteiger partial charge in [0.15, 0.2) is 0 Å². The molecule has 10 heteroatoms. The molecular weight excluding hydrogens is 623 g/mol. The Morgan fingerprint density at radius 2 is 1.60 bits per heavy atom. The Bertz CT molecular complexity index is 1900. The Balaban J connectivity index is 1.37. The largest absolute Gasteiger partial charge is 0.478 e. The first-order chi connectivity index (χ1) is 20.7. The Labute approximate surface area is 264 Å². The predicted octanol–water partition coefficient (Wildman–Crippen LogP) is 8.36. The number of hydrogen-bond acceptors (Lipinski definition) is 5. The van der Waals surface area contributed by atoms with Gasteiger partial charge in [0.2, 0.25) is 10.0 Å². The molecule has 1 aromatic heterocycles.